The molecule has 0 saturated carbocycles. The predicted octanol–water partition coefficient (Wildman–Crippen LogP) is 9.22. The Morgan fingerprint density at radius 3 is 2.31 bits per heavy atom. The Morgan fingerprint density at radius 1 is 1.00 bits per heavy atom. The van der Waals surface area contributed by atoms with Crippen LogP contribution in [0.15, 0.2) is 78.6 Å². The summed E-state index contributed by atoms with van der Waals surface area (Å²) in [4.78, 5) is 0. The second kappa shape index (κ2) is 13.7. The van der Waals surface area contributed by atoms with E-state index < -0.39 is 6.10 Å². The Labute approximate surface area is 236 Å². The number of benzene rings is 3. The number of hydrogen-bond donors (Lipinski definition) is 3. The van der Waals surface area contributed by atoms with Crippen molar-refractivity contribution in [2.75, 3.05) is 5.32 Å². The molecule has 0 fully saturated rings. The molecule has 0 spiro atoms. The van der Waals surface area contributed by atoms with Crippen LogP contribution in [0.2, 0.25) is 0 Å². The first-order valence-corrected chi connectivity index (χ1v) is 14.3. The van der Waals surface area contributed by atoms with Crippen LogP contribution in [0.3, 0.4) is 0 Å². The zero-order valence-electron chi connectivity index (χ0n) is 24.9. The van der Waals surface area contributed by atoms with Crippen LogP contribution in [-0.4, -0.2) is 21.9 Å². The molecule has 0 aliphatic carbocycles. The van der Waals surface area contributed by atoms with Gasteiger partial charge in [-0.15, -0.1) is 0 Å². The molecule has 1 unspecified atom stereocenters. The van der Waals surface area contributed by atoms with Gasteiger partial charge in [-0.3, -0.25) is 0 Å². The summed E-state index contributed by atoms with van der Waals surface area (Å²) in [5.41, 5.74) is 11.5. The summed E-state index contributed by atoms with van der Waals surface area (Å²) in [6.07, 6.45) is 7.40. The van der Waals surface area contributed by atoms with Gasteiger partial charge < -0.3 is 15.5 Å². The topological polar surface area (TPSA) is 52.5 Å². The highest BCUT2D eigenvalue weighted by Crippen LogP contribution is 2.33. The number of para-hydroxylation sites is 1. The number of aryl methyl sites for hydroxylation is 2. The van der Waals surface area contributed by atoms with Gasteiger partial charge in [-0.2, -0.15) is 0 Å². The predicted molar refractivity (Wildman–Crippen MR) is 168 cm³/mol. The van der Waals surface area contributed by atoms with Crippen molar-refractivity contribution in [1.29, 1.82) is 0 Å². The van der Waals surface area contributed by atoms with Crippen molar-refractivity contribution in [3.8, 4) is 0 Å². The lowest BCUT2D eigenvalue weighted by molar-refractivity contribution is 0.247. The molecule has 3 aromatic rings. The van der Waals surface area contributed by atoms with Crippen LogP contribution in [-0.2, 0) is 12.8 Å². The lowest BCUT2D eigenvalue weighted by Gasteiger charge is -2.29. The lowest BCUT2D eigenvalue weighted by atomic mass is 9.89. The van der Waals surface area contributed by atoms with Crippen molar-refractivity contribution >= 4 is 16.8 Å². The molecule has 0 aromatic heterocycles. The van der Waals surface area contributed by atoms with Gasteiger partial charge in [0.15, 0.2) is 0 Å². The standard InChI is InChI=1S/C25H33N.C11H14O2/c1-6-9-20-12-13-21-17-18(2)16-19(3)22(21)14-15-25(4,5)26-24-11-8-7-10-23(20)24;1-8(12)11(9(2)13)10-6-4-3-5-7-10/h7-8,10-12,16-17,26H,6,9,13-15H2,1-5H3;3-8,12-13H,1-2H3/b20-12-;11-9+. The smallest absolute Gasteiger partial charge is 0.0955 e. The Hall–Kier alpha value is -3.30. The SMILES string of the molecule is C/C(O)=C(\c1ccccc1)C(C)O.CCC/C1=C/Cc2cc(C)cc(C)c2CCC(C)(C)Nc2ccccc21. The fourth-order valence-electron chi connectivity index (χ4n) is 5.58. The molecule has 0 saturated heterocycles. The molecular weight excluding hydrogens is 478 g/mol. The first-order chi connectivity index (χ1) is 18.5. The van der Waals surface area contributed by atoms with E-state index in [1.54, 1.807) is 19.4 Å². The van der Waals surface area contributed by atoms with Gasteiger partial charge in [0, 0.05) is 22.4 Å². The van der Waals surface area contributed by atoms with E-state index in [1.807, 2.05) is 30.3 Å². The van der Waals surface area contributed by atoms with Gasteiger partial charge >= 0.3 is 0 Å². The van der Waals surface area contributed by atoms with Gasteiger partial charge in [-0.1, -0.05) is 85.6 Å². The van der Waals surface area contributed by atoms with E-state index in [2.05, 4.69) is 82.4 Å². The minimum atomic E-state index is -0.646. The highest BCUT2D eigenvalue weighted by molar-refractivity contribution is 5.77. The summed E-state index contributed by atoms with van der Waals surface area (Å²) in [6, 6.07) is 22.9. The molecule has 1 heterocycles. The van der Waals surface area contributed by atoms with Crippen LogP contribution in [0, 0.1) is 13.8 Å². The number of allylic oxidation sites excluding steroid dienone is 3. The van der Waals surface area contributed by atoms with Gasteiger partial charge in [0.2, 0.25) is 0 Å². The maximum atomic E-state index is 9.42. The number of nitrogens with one attached hydrogen (secondary N) is 1. The summed E-state index contributed by atoms with van der Waals surface area (Å²) in [6.45, 7) is 14.6. The van der Waals surface area contributed by atoms with Gasteiger partial charge in [-0.25, -0.2) is 0 Å². The molecule has 3 N–H and O–H groups in total. The molecule has 1 aliphatic heterocycles. The molecule has 3 nitrogen and oxygen atoms in total. The first kappa shape index (κ1) is 30.2. The summed E-state index contributed by atoms with van der Waals surface area (Å²) in [5, 5.41) is 22.6. The van der Waals surface area contributed by atoms with Crippen LogP contribution in [0.25, 0.3) is 11.1 Å². The normalized spacial score (nSPS) is 17.4. The van der Waals surface area contributed by atoms with Gasteiger partial charge in [0.25, 0.3) is 0 Å². The van der Waals surface area contributed by atoms with Crippen LogP contribution < -0.4 is 5.32 Å². The molecule has 0 amide bonds. The summed E-state index contributed by atoms with van der Waals surface area (Å²) >= 11 is 0. The number of aliphatic hydroxyl groups is 2. The summed E-state index contributed by atoms with van der Waals surface area (Å²) in [7, 11) is 0. The minimum Gasteiger partial charge on any atom is -0.512 e. The number of aliphatic hydroxyl groups excluding tert-OH is 2. The molecular formula is C36H47NO2. The van der Waals surface area contributed by atoms with Crippen LogP contribution in [0.1, 0.15) is 87.3 Å². The summed E-state index contributed by atoms with van der Waals surface area (Å²) in [5.74, 6) is 0.168. The van der Waals surface area contributed by atoms with E-state index in [0.717, 1.165) is 31.2 Å². The third kappa shape index (κ3) is 8.34. The minimum absolute atomic E-state index is 0.0619. The molecule has 3 heteroatoms. The van der Waals surface area contributed by atoms with E-state index in [9.17, 15) is 10.2 Å². The van der Waals surface area contributed by atoms with E-state index >= 15 is 0 Å². The highest BCUT2D eigenvalue weighted by Gasteiger charge is 2.22. The van der Waals surface area contributed by atoms with Crippen molar-refractivity contribution in [2.24, 2.45) is 0 Å². The fourth-order valence-corrected chi connectivity index (χ4v) is 5.58. The first-order valence-electron chi connectivity index (χ1n) is 14.3. The van der Waals surface area contributed by atoms with Gasteiger partial charge in [-0.05, 0) is 101 Å². The van der Waals surface area contributed by atoms with Crippen LogP contribution in [0.4, 0.5) is 5.69 Å². The number of anilines is 1. The quantitative estimate of drug-likeness (QED) is 0.298. The zero-order valence-corrected chi connectivity index (χ0v) is 24.9. The largest absolute Gasteiger partial charge is 0.512 e. The monoisotopic (exact) mass is 525 g/mol. The van der Waals surface area contributed by atoms with E-state index in [0.29, 0.717) is 5.57 Å². The molecule has 1 atom stereocenters. The molecule has 3 aromatic carbocycles. The van der Waals surface area contributed by atoms with Crippen molar-refractivity contribution < 1.29 is 10.2 Å². The Kier molecular flexibility index (Phi) is 10.6. The van der Waals surface area contributed by atoms with Crippen molar-refractivity contribution in [1.82, 2.24) is 0 Å². The lowest BCUT2D eigenvalue weighted by Crippen LogP contribution is -2.32. The fraction of sp³-hybridized carbons (Fsp3) is 0.389. The van der Waals surface area contributed by atoms with E-state index in [1.165, 1.54) is 39.9 Å². The Bertz CT molecular complexity index is 1290. The van der Waals surface area contributed by atoms with Crippen LogP contribution >= 0.6 is 0 Å². The van der Waals surface area contributed by atoms with E-state index in [-0.39, 0.29) is 11.3 Å². The van der Waals surface area contributed by atoms with Gasteiger partial charge in [0.1, 0.15) is 0 Å². The molecule has 208 valence electrons. The second-order valence-electron chi connectivity index (χ2n) is 11.5. The third-order valence-electron chi connectivity index (χ3n) is 7.44. The average Bonchev–Trinajstić information content (AvgIpc) is 2.88. The zero-order chi connectivity index (χ0) is 28.6. The number of fused-ring (bicyclic) bond motifs is 2. The maximum Gasteiger partial charge on any atom is 0.0955 e. The molecule has 1 aliphatic rings. The van der Waals surface area contributed by atoms with Crippen molar-refractivity contribution in [3.63, 3.8) is 0 Å². The molecule has 39 heavy (non-hydrogen) atoms. The van der Waals surface area contributed by atoms with Crippen molar-refractivity contribution in [2.45, 2.75) is 92.2 Å². The van der Waals surface area contributed by atoms with E-state index in [4.69, 9.17) is 0 Å². The Balaban J connectivity index is 0.000000272. The van der Waals surface area contributed by atoms with Crippen LogP contribution in [0.5, 0.6) is 0 Å². The third-order valence-corrected chi connectivity index (χ3v) is 7.44. The Morgan fingerprint density at radius 2 is 1.67 bits per heavy atom. The molecule has 4 rings (SSSR count). The highest BCUT2D eigenvalue weighted by atomic mass is 16.3. The molecule has 0 radical (unpaired) electrons. The molecule has 0 bridgehead atoms. The maximum absolute atomic E-state index is 9.42. The number of hydrogen-bond acceptors (Lipinski definition) is 3. The van der Waals surface area contributed by atoms with Crippen molar-refractivity contribution in [3.05, 3.63) is 112 Å². The summed E-state index contributed by atoms with van der Waals surface area (Å²) < 4.78 is 0. The second-order valence-corrected chi connectivity index (χ2v) is 11.5. The van der Waals surface area contributed by atoms with Gasteiger partial charge in [0.05, 0.1) is 11.9 Å². The number of rotatable bonds is 4. The average molecular weight is 526 g/mol.